The predicted octanol–water partition coefficient (Wildman–Crippen LogP) is 8.38. The van der Waals surface area contributed by atoms with Gasteiger partial charge < -0.3 is 0 Å². The Morgan fingerprint density at radius 2 is 0.375 bits per heavy atom. The quantitative estimate of drug-likeness (QED) is 0.0960. The summed E-state index contributed by atoms with van der Waals surface area (Å²) in [4.78, 5) is 0. The summed E-state index contributed by atoms with van der Waals surface area (Å²) in [6.07, 6.45) is 0. The maximum absolute atomic E-state index is 15.5. The molecule has 40 heavy (non-hydrogen) atoms. The Hall–Kier alpha value is -4.05. The third kappa shape index (κ3) is 3.69. The summed E-state index contributed by atoms with van der Waals surface area (Å²) in [7, 11) is 0. The van der Waals surface area contributed by atoms with Gasteiger partial charge in [0.15, 0.2) is 81.4 Å². The number of halogens is 17. The van der Waals surface area contributed by atoms with Crippen LogP contribution in [0, 0.1) is 98.9 Å². The Kier molecular flexibility index (Phi) is 6.91. The molecule has 0 fully saturated rings. The highest BCUT2D eigenvalue weighted by Crippen LogP contribution is 2.46. The summed E-state index contributed by atoms with van der Waals surface area (Å²) < 4.78 is 243. The molecule has 0 saturated carbocycles. The first-order chi connectivity index (χ1) is 18.5. The van der Waals surface area contributed by atoms with Crippen LogP contribution in [0.5, 0.6) is 0 Å². The lowest BCUT2D eigenvalue weighted by Crippen LogP contribution is -2.21. The van der Waals surface area contributed by atoms with E-state index in [1.807, 2.05) is 0 Å². The van der Waals surface area contributed by atoms with Crippen LogP contribution in [-0.4, -0.2) is 0 Å². The van der Waals surface area contributed by atoms with Crippen molar-refractivity contribution in [2.24, 2.45) is 0 Å². The fourth-order valence-electron chi connectivity index (χ4n) is 3.94. The van der Waals surface area contributed by atoms with Crippen LogP contribution in [0.2, 0.25) is 0 Å². The van der Waals surface area contributed by atoms with Crippen LogP contribution >= 0.6 is 0 Å². The zero-order chi connectivity index (χ0) is 30.3. The molecule has 0 spiro atoms. The summed E-state index contributed by atoms with van der Waals surface area (Å²) in [5, 5.41) is -4.88. The van der Waals surface area contributed by atoms with Gasteiger partial charge in [0, 0.05) is 16.7 Å². The molecular formula is C23HF17. The summed E-state index contributed by atoms with van der Waals surface area (Å²) in [5.74, 6) is -55.8. The third-order valence-corrected chi connectivity index (χ3v) is 5.73. The number of rotatable bonds is 3. The second kappa shape index (κ2) is 9.55. The van der Waals surface area contributed by atoms with Crippen LogP contribution in [0.25, 0.3) is 10.8 Å². The molecule has 0 unspecified atom stereocenters. The van der Waals surface area contributed by atoms with E-state index in [4.69, 9.17) is 0 Å². The summed E-state index contributed by atoms with van der Waals surface area (Å²) in [6, 6.07) is 0. The predicted molar refractivity (Wildman–Crippen MR) is 97.1 cm³/mol. The van der Waals surface area contributed by atoms with Crippen LogP contribution in [0.3, 0.4) is 0 Å². The number of hydrogen-bond acceptors (Lipinski definition) is 0. The highest BCUT2D eigenvalue weighted by molar-refractivity contribution is 5.87. The second-order valence-electron chi connectivity index (χ2n) is 7.76. The number of benzene rings is 4. The smallest absolute Gasteiger partial charge is 0.200 e. The molecular weight excluding hydrogens is 599 g/mol. The molecule has 0 N–H and O–H groups in total. The molecule has 0 aromatic heterocycles. The SMILES string of the molecule is Fc1c(F)c(F)c(C(c2c(F)c(F)c(F)c(F)c2F)c2c(F)c(F)c3c(F)c(F)c(F)c(F)c3c2F)c(F)c1F. The first kappa shape index (κ1) is 28.9. The first-order valence-electron chi connectivity index (χ1n) is 9.83. The molecule has 4 aromatic rings. The van der Waals surface area contributed by atoms with Crippen molar-refractivity contribution >= 4 is 10.8 Å². The van der Waals surface area contributed by atoms with E-state index in [0.29, 0.717) is 0 Å². The van der Waals surface area contributed by atoms with Gasteiger partial charge in [0.05, 0.1) is 16.7 Å². The van der Waals surface area contributed by atoms with Gasteiger partial charge in [-0.15, -0.1) is 0 Å². The Bertz CT molecular complexity index is 1650. The fraction of sp³-hybridized carbons (Fsp3) is 0.0435. The molecule has 0 atom stereocenters. The van der Waals surface area contributed by atoms with Crippen molar-refractivity contribution in [1.82, 2.24) is 0 Å². The van der Waals surface area contributed by atoms with Crippen molar-refractivity contribution in [1.29, 1.82) is 0 Å². The van der Waals surface area contributed by atoms with Crippen LogP contribution < -0.4 is 0 Å². The van der Waals surface area contributed by atoms with Gasteiger partial charge >= 0.3 is 0 Å². The van der Waals surface area contributed by atoms with E-state index in [2.05, 4.69) is 0 Å². The molecule has 17 heteroatoms. The van der Waals surface area contributed by atoms with Gasteiger partial charge in [0.25, 0.3) is 0 Å². The van der Waals surface area contributed by atoms with E-state index in [-0.39, 0.29) is 0 Å². The van der Waals surface area contributed by atoms with Crippen LogP contribution in [0.4, 0.5) is 74.6 Å². The molecule has 0 aliphatic heterocycles. The molecule has 0 heterocycles. The van der Waals surface area contributed by atoms with E-state index < -0.39 is 132 Å². The van der Waals surface area contributed by atoms with E-state index in [0.717, 1.165) is 0 Å². The first-order valence-corrected chi connectivity index (χ1v) is 9.83. The molecule has 0 radical (unpaired) electrons. The highest BCUT2D eigenvalue weighted by Gasteiger charge is 2.43. The summed E-state index contributed by atoms with van der Waals surface area (Å²) in [6.45, 7) is 0. The molecule has 0 aliphatic carbocycles. The van der Waals surface area contributed by atoms with Crippen molar-refractivity contribution in [2.75, 3.05) is 0 Å². The van der Waals surface area contributed by atoms with Crippen molar-refractivity contribution in [3.63, 3.8) is 0 Å². The lowest BCUT2D eigenvalue weighted by atomic mass is 9.81. The lowest BCUT2D eigenvalue weighted by Gasteiger charge is -2.24. The van der Waals surface area contributed by atoms with Crippen LogP contribution in [-0.2, 0) is 0 Å². The van der Waals surface area contributed by atoms with Gasteiger partial charge in [-0.3, -0.25) is 0 Å². The third-order valence-electron chi connectivity index (χ3n) is 5.73. The molecule has 0 bridgehead atoms. The fourth-order valence-corrected chi connectivity index (χ4v) is 3.94. The molecule has 0 saturated heterocycles. The van der Waals surface area contributed by atoms with Crippen molar-refractivity contribution in [2.45, 2.75) is 5.92 Å². The highest BCUT2D eigenvalue weighted by atomic mass is 19.2. The normalized spacial score (nSPS) is 11.8. The zero-order valence-corrected chi connectivity index (χ0v) is 18.0. The molecule has 0 amide bonds. The van der Waals surface area contributed by atoms with Crippen molar-refractivity contribution in [3.05, 3.63) is 116 Å². The molecule has 212 valence electrons. The van der Waals surface area contributed by atoms with Gasteiger partial charge in [0.1, 0.15) is 5.82 Å². The largest absolute Gasteiger partial charge is 0.206 e. The second-order valence-corrected chi connectivity index (χ2v) is 7.76. The maximum Gasteiger partial charge on any atom is 0.200 e. The Morgan fingerprint density at radius 3 is 0.700 bits per heavy atom. The molecule has 0 nitrogen and oxygen atoms in total. The molecule has 0 aliphatic rings. The van der Waals surface area contributed by atoms with E-state index in [1.54, 1.807) is 0 Å². The topological polar surface area (TPSA) is 0 Å². The van der Waals surface area contributed by atoms with Crippen molar-refractivity contribution < 1.29 is 74.6 Å². The minimum absolute atomic E-state index is 2.40. The van der Waals surface area contributed by atoms with E-state index in [9.17, 15) is 65.9 Å². The number of fused-ring (bicyclic) bond motifs is 1. The van der Waals surface area contributed by atoms with Crippen molar-refractivity contribution in [3.8, 4) is 0 Å². The average molecular weight is 600 g/mol. The van der Waals surface area contributed by atoms with Crippen LogP contribution in [0.15, 0.2) is 0 Å². The molecule has 4 rings (SSSR count). The Balaban J connectivity index is 2.37. The lowest BCUT2D eigenvalue weighted by molar-refractivity contribution is 0.355. The minimum Gasteiger partial charge on any atom is -0.206 e. The monoisotopic (exact) mass is 600 g/mol. The van der Waals surface area contributed by atoms with E-state index >= 15 is 8.78 Å². The summed E-state index contributed by atoms with van der Waals surface area (Å²) in [5.41, 5.74) is -8.32. The van der Waals surface area contributed by atoms with Crippen LogP contribution in [0.1, 0.15) is 22.6 Å². The summed E-state index contributed by atoms with van der Waals surface area (Å²) >= 11 is 0. The van der Waals surface area contributed by atoms with Gasteiger partial charge in [-0.25, -0.2) is 74.6 Å². The Labute approximate surface area is 207 Å². The zero-order valence-electron chi connectivity index (χ0n) is 18.0. The Morgan fingerprint density at radius 1 is 0.200 bits per heavy atom. The maximum atomic E-state index is 15.5. The number of hydrogen-bond donors (Lipinski definition) is 0. The molecule has 4 aromatic carbocycles. The van der Waals surface area contributed by atoms with E-state index in [1.165, 1.54) is 0 Å². The average Bonchev–Trinajstić information content (AvgIpc) is 2.92. The van der Waals surface area contributed by atoms with Gasteiger partial charge in [-0.05, 0) is 0 Å². The van der Waals surface area contributed by atoms with Gasteiger partial charge in [0.2, 0.25) is 11.6 Å². The minimum atomic E-state index is -4.11. The van der Waals surface area contributed by atoms with Gasteiger partial charge in [-0.2, -0.15) is 0 Å². The standard InChI is InChI=1S/C23HF17/c24-7-2(8(25)9(26)6-5(7)14(31)16(33)17(34)15(6)32)1(3-10(27)18(35)22(39)19(36)11(3)28)4-12(29)20(37)23(40)21(38)13(4)30/h1H. The van der Waals surface area contributed by atoms with Gasteiger partial charge in [-0.1, -0.05) is 0 Å².